The van der Waals surface area contributed by atoms with Crippen LogP contribution in [-0.2, 0) is 19.1 Å². The summed E-state index contributed by atoms with van der Waals surface area (Å²) in [4.78, 5) is 11.6. The van der Waals surface area contributed by atoms with Crippen LogP contribution >= 0.6 is 0 Å². The number of rotatable bonds is 2. The van der Waals surface area contributed by atoms with Crippen LogP contribution in [0.2, 0.25) is 0 Å². The van der Waals surface area contributed by atoms with Gasteiger partial charge in [0.1, 0.15) is 17.3 Å². The summed E-state index contributed by atoms with van der Waals surface area (Å²) in [7, 11) is 0. The average Bonchev–Trinajstić information content (AvgIpc) is 2.77. The Labute approximate surface area is 118 Å². The van der Waals surface area contributed by atoms with Crippen LogP contribution < -0.4 is 5.32 Å². The van der Waals surface area contributed by atoms with Crippen molar-refractivity contribution in [2.75, 3.05) is 5.32 Å². The maximum Gasteiger partial charge on any atom is 0.433 e. The lowest BCUT2D eigenvalue weighted by atomic mass is 10.1. The third kappa shape index (κ3) is 2.96. The number of hydrogen-bond acceptors (Lipinski definition) is 5. The molecule has 1 aliphatic heterocycles. The molecule has 9 heteroatoms. The van der Waals surface area contributed by atoms with Crippen molar-refractivity contribution >= 4 is 5.95 Å². The van der Waals surface area contributed by atoms with Crippen molar-refractivity contribution in [3.05, 3.63) is 29.6 Å². The summed E-state index contributed by atoms with van der Waals surface area (Å²) in [6.07, 6.45) is -1.90. The lowest BCUT2D eigenvalue weighted by Gasteiger charge is -2.23. The first kappa shape index (κ1) is 13.8. The van der Waals surface area contributed by atoms with E-state index in [2.05, 4.69) is 25.4 Å². The van der Waals surface area contributed by atoms with E-state index in [1.54, 1.807) is 4.68 Å². The second-order valence-electron chi connectivity index (χ2n) is 4.90. The number of fused-ring (bicyclic) bond motifs is 1. The van der Waals surface area contributed by atoms with E-state index in [0.29, 0.717) is 12.4 Å². The normalized spacial score (nSPS) is 18.4. The highest BCUT2D eigenvalue weighted by Crippen LogP contribution is 2.27. The summed E-state index contributed by atoms with van der Waals surface area (Å²) < 4.78 is 39.6. The molecular weight excluding hydrogens is 285 g/mol. The van der Waals surface area contributed by atoms with Crippen molar-refractivity contribution in [1.29, 1.82) is 0 Å². The SMILES string of the molecule is Cc1nc2n(n1)CC(Nc1nccc(C(F)(F)F)n1)CC2. The molecule has 112 valence electrons. The molecule has 6 nitrogen and oxygen atoms in total. The third-order valence-corrected chi connectivity index (χ3v) is 3.24. The predicted octanol–water partition coefficient (Wildman–Crippen LogP) is 1.82. The van der Waals surface area contributed by atoms with Gasteiger partial charge in [-0.3, -0.25) is 0 Å². The molecule has 3 rings (SSSR count). The lowest BCUT2D eigenvalue weighted by molar-refractivity contribution is -0.141. The molecule has 0 fully saturated rings. The second-order valence-corrected chi connectivity index (χ2v) is 4.90. The topological polar surface area (TPSA) is 68.5 Å². The molecule has 2 aromatic rings. The minimum atomic E-state index is -4.47. The van der Waals surface area contributed by atoms with Gasteiger partial charge in [-0.25, -0.2) is 19.6 Å². The molecule has 21 heavy (non-hydrogen) atoms. The van der Waals surface area contributed by atoms with Crippen LogP contribution in [0.15, 0.2) is 12.3 Å². The quantitative estimate of drug-likeness (QED) is 0.916. The van der Waals surface area contributed by atoms with Crippen LogP contribution in [-0.4, -0.2) is 30.8 Å². The highest BCUT2D eigenvalue weighted by molar-refractivity contribution is 5.28. The first-order valence-electron chi connectivity index (χ1n) is 6.49. The Hall–Kier alpha value is -2.19. The van der Waals surface area contributed by atoms with Crippen LogP contribution in [0.4, 0.5) is 19.1 Å². The molecule has 1 atom stereocenters. The van der Waals surface area contributed by atoms with E-state index in [4.69, 9.17) is 0 Å². The largest absolute Gasteiger partial charge is 0.433 e. The molecular formula is C12H13F3N6. The zero-order valence-electron chi connectivity index (χ0n) is 11.2. The van der Waals surface area contributed by atoms with Crippen LogP contribution in [0.1, 0.15) is 23.8 Å². The van der Waals surface area contributed by atoms with E-state index in [0.717, 1.165) is 30.9 Å². The number of hydrogen-bond donors (Lipinski definition) is 1. The zero-order valence-corrected chi connectivity index (χ0v) is 11.2. The van der Waals surface area contributed by atoms with Gasteiger partial charge in [-0.15, -0.1) is 0 Å². The number of halogens is 3. The molecule has 3 heterocycles. The van der Waals surface area contributed by atoms with Crippen molar-refractivity contribution in [1.82, 2.24) is 24.7 Å². The number of anilines is 1. The molecule has 0 bridgehead atoms. The minimum Gasteiger partial charge on any atom is -0.350 e. The van der Waals surface area contributed by atoms with Gasteiger partial charge in [-0.05, 0) is 19.4 Å². The number of nitrogens with zero attached hydrogens (tertiary/aromatic N) is 5. The van der Waals surface area contributed by atoms with Crippen molar-refractivity contribution in [2.24, 2.45) is 0 Å². The first-order chi connectivity index (χ1) is 9.91. The van der Waals surface area contributed by atoms with E-state index in [1.807, 2.05) is 6.92 Å². The van der Waals surface area contributed by atoms with Crippen LogP contribution in [0, 0.1) is 6.92 Å². The fourth-order valence-corrected chi connectivity index (χ4v) is 2.32. The molecule has 0 aliphatic carbocycles. The summed E-state index contributed by atoms with van der Waals surface area (Å²) in [6.45, 7) is 2.35. The molecule has 0 radical (unpaired) electrons. The van der Waals surface area contributed by atoms with Gasteiger partial charge < -0.3 is 5.32 Å². The smallest absolute Gasteiger partial charge is 0.350 e. The summed E-state index contributed by atoms with van der Waals surface area (Å²) in [5, 5.41) is 7.18. The number of nitrogens with one attached hydrogen (secondary N) is 1. The second kappa shape index (κ2) is 4.97. The molecule has 1 unspecified atom stereocenters. The molecule has 0 aromatic carbocycles. The van der Waals surface area contributed by atoms with E-state index in [-0.39, 0.29) is 12.0 Å². The Morgan fingerprint density at radius 3 is 2.90 bits per heavy atom. The first-order valence-corrected chi connectivity index (χ1v) is 6.49. The Bertz CT molecular complexity index is 651. The van der Waals surface area contributed by atoms with Crippen molar-refractivity contribution < 1.29 is 13.2 Å². The Morgan fingerprint density at radius 2 is 2.14 bits per heavy atom. The molecule has 0 amide bonds. The Balaban J connectivity index is 1.73. The third-order valence-electron chi connectivity index (χ3n) is 3.24. The fraction of sp³-hybridized carbons (Fsp3) is 0.500. The van der Waals surface area contributed by atoms with Gasteiger partial charge in [-0.1, -0.05) is 0 Å². The lowest BCUT2D eigenvalue weighted by Crippen LogP contribution is -2.32. The number of aromatic nitrogens is 5. The highest BCUT2D eigenvalue weighted by atomic mass is 19.4. The monoisotopic (exact) mass is 298 g/mol. The molecule has 0 saturated heterocycles. The Kier molecular flexibility index (Phi) is 3.26. The molecule has 1 aliphatic rings. The summed E-state index contributed by atoms with van der Waals surface area (Å²) in [5.41, 5.74) is -0.951. The fourth-order valence-electron chi connectivity index (χ4n) is 2.32. The van der Waals surface area contributed by atoms with Gasteiger partial charge in [0.15, 0.2) is 0 Å². The maximum atomic E-state index is 12.6. The van der Waals surface area contributed by atoms with Gasteiger partial charge in [0, 0.05) is 18.7 Å². The molecule has 0 spiro atoms. The number of aryl methyl sites for hydroxylation is 2. The van der Waals surface area contributed by atoms with Gasteiger partial charge in [0.2, 0.25) is 5.95 Å². The van der Waals surface area contributed by atoms with Gasteiger partial charge >= 0.3 is 6.18 Å². The van der Waals surface area contributed by atoms with Crippen molar-refractivity contribution in [3.63, 3.8) is 0 Å². The van der Waals surface area contributed by atoms with Crippen LogP contribution in [0.3, 0.4) is 0 Å². The predicted molar refractivity (Wildman–Crippen MR) is 67.5 cm³/mol. The summed E-state index contributed by atoms with van der Waals surface area (Å²) in [6, 6.07) is 0.785. The maximum absolute atomic E-state index is 12.6. The van der Waals surface area contributed by atoms with Gasteiger partial charge in [0.05, 0.1) is 6.54 Å². The minimum absolute atomic E-state index is 0.0184. The highest BCUT2D eigenvalue weighted by Gasteiger charge is 2.33. The standard InChI is InChI=1S/C12H13F3N6/c1-7-17-10-3-2-8(6-21(10)20-7)18-11-16-5-4-9(19-11)12(13,14)15/h4-5,8H,2-3,6H2,1H3,(H,16,18,19). The van der Waals surface area contributed by atoms with E-state index in [9.17, 15) is 13.2 Å². The van der Waals surface area contributed by atoms with Gasteiger partial charge in [-0.2, -0.15) is 18.3 Å². The molecule has 0 saturated carbocycles. The number of alkyl halides is 3. The average molecular weight is 298 g/mol. The van der Waals surface area contributed by atoms with E-state index >= 15 is 0 Å². The van der Waals surface area contributed by atoms with Crippen molar-refractivity contribution in [2.45, 2.75) is 38.5 Å². The zero-order chi connectivity index (χ0) is 15.0. The molecule has 2 aromatic heterocycles. The van der Waals surface area contributed by atoms with Gasteiger partial charge in [0.25, 0.3) is 0 Å². The van der Waals surface area contributed by atoms with Crippen LogP contribution in [0.25, 0.3) is 0 Å². The van der Waals surface area contributed by atoms with E-state index in [1.165, 1.54) is 0 Å². The summed E-state index contributed by atoms with van der Waals surface area (Å²) >= 11 is 0. The summed E-state index contributed by atoms with van der Waals surface area (Å²) in [5.74, 6) is 1.58. The molecule has 1 N–H and O–H groups in total. The van der Waals surface area contributed by atoms with Crippen molar-refractivity contribution in [3.8, 4) is 0 Å². The van der Waals surface area contributed by atoms with Crippen LogP contribution in [0.5, 0.6) is 0 Å². The Morgan fingerprint density at radius 1 is 1.33 bits per heavy atom. The van der Waals surface area contributed by atoms with E-state index < -0.39 is 11.9 Å².